The minimum absolute atomic E-state index is 0.00478. The number of esters is 1. The van der Waals surface area contributed by atoms with E-state index in [2.05, 4.69) is 19.1 Å². The molecule has 1 atom stereocenters. The monoisotopic (exact) mass is 480 g/mol. The fourth-order valence-corrected chi connectivity index (χ4v) is 4.31. The molecule has 1 N–H and O–H groups in total. The molecule has 0 fully saturated rings. The molecule has 4 heteroatoms. The van der Waals surface area contributed by atoms with Crippen LogP contribution in [0.15, 0.2) is 12.2 Å². The first-order valence-corrected chi connectivity index (χ1v) is 14.6. The van der Waals surface area contributed by atoms with E-state index in [0.717, 1.165) is 25.7 Å². The van der Waals surface area contributed by atoms with Crippen molar-refractivity contribution in [1.29, 1.82) is 0 Å². The van der Waals surface area contributed by atoms with Gasteiger partial charge in [-0.3, -0.25) is 9.59 Å². The highest BCUT2D eigenvalue weighted by Gasteiger charge is 2.21. The Balaban J connectivity index is 3.39. The molecule has 0 amide bonds. The van der Waals surface area contributed by atoms with Crippen LogP contribution in [0.5, 0.6) is 0 Å². The van der Waals surface area contributed by atoms with Gasteiger partial charge in [-0.2, -0.15) is 0 Å². The molecule has 0 bridgehead atoms. The number of rotatable bonds is 26. The predicted octanol–water partition coefficient (Wildman–Crippen LogP) is 9.41. The first-order valence-electron chi connectivity index (χ1n) is 14.6. The van der Waals surface area contributed by atoms with Crippen molar-refractivity contribution in [1.82, 2.24) is 0 Å². The van der Waals surface area contributed by atoms with Gasteiger partial charge in [0.15, 0.2) is 0 Å². The zero-order chi connectivity index (χ0) is 25.1. The van der Waals surface area contributed by atoms with Crippen molar-refractivity contribution in [2.45, 2.75) is 155 Å². The molecule has 0 aliphatic rings. The Morgan fingerprint density at radius 2 is 1.09 bits per heavy atom. The second-order valence-corrected chi connectivity index (χ2v) is 9.95. The molecule has 0 aromatic heterocycles. The van der Waals surface area contributed by atoms with Gasteiger partial charge in [-0.15, -0.1) is 0 Å². The van der Waals surface area contributed by atoms with E-state index in [9.17, 15) is 14.7 Å². The van der Waals surface area contributed by atoms with E-state index in [-0.39, 0.29) is 12.4 Å². The molecule has 0 heterocycles. The maximum atomic E-state index is 11.6. The number of unbranched alkanes of at least 4 members (excludes halogenated alkanes) is 17. The second kappa shape index (κ2) is 26.3. The third kappa shape index (κ3) is 23.8. The van der Waals surface area contributed by atoms with Crippen LogP contribution in [0.4, 0.5) is 0 Å². The summed E-state index contributed by atoms with van der Waals surface area (Å²) in [5.74, 6) is -1.85. The Morgan fingerprint density at radius 3 is 1.53 bits per heavy atom. The second-order valence-electron chi connectivity index (χ2n) is 9.95. The van der Waals surface area contributed by atoms with Crippen LogP contribution in [0, 0.1) is 5.92 Å². The predicted molar refractivity (Wildman–Crippen MR) is 144 cm³/mol. The van der Waals surface area contributed by atoms with Gasteiger partial charge in [0.25, 0.3) is 0 Å². The molecule has 4 nitrogen and oxygen atoms in total. The number of hydrogen-bond donors (Lipinski definition) is 1. The van der Waals surface area contributed by atoms with Gasteiger partial charge in [0.1, 0.15) is 0 Å². The van der Waals surface area contributed by atoms with Crippen LogP contribution in [-0.4, -0.2) is 23.7 Å². The fraction of sp³-hybridized carbons (Fsp3) is 0.867. The molecule has 0 saturated heterocycles. The largest absolute Gasteiger partial charge is 0.481 e. The maximum Gasteiger partial charge on any atom is 0.307 e. The summed E-state index contributed by atoms with van der Waals surface area (Å²) in [6, 6.07) is 0. The van der Waals surface area contributed by atoms with Crippen molar-refractivity contribution in [3.05, 3.63) is 12.2 Å². The quantitative estimate of drug-likeness (QED) is 0.0760. The van der Waals surface area contributed by atoms with Crippen molar-refractivity contribution in [2.75, 3.05) is 6.61 Å². The highest BCUT2D eigenvalue weighted by atomic mass is 16.5. The number of allylic oxidation sites excluding steroid dienone is 2. The molecule has 0 aliphatic heterocycles. The lowest BCUT2D eigenvalue weighted by molar-refractivity contribution is -0.151. The lowest BCUT2D eigenvalue weighted by Gasteiger charge is -2.11. The summed E-state index contributed by atoms with van der Waals surface area (Å²) in [5.41, 5.74) is 0. The van der Waals surface area contributed by atoms with E-state index in [1.54, 1.807) is 0 Å². The van der Waals surface area contributed by atoms with E-state index < -0.39 is 11.9 Å². The minimum atomic E-state index is -0.877. The summed E-state index contributed by atoms with van der Waals surface area (Å²) in [6.45, 7) is 4.58. The Bertz CT molecular complexity index is 486. The smallest absolute Gasteiger partial charge is 0.307 e. The molecule has 0 aromatic rings. The van der Waals surface area contributed by atoms with Gasteiger partial charge in [0.05, 0.1) is 18.9 Å². The standard InChI is InChI=1S/C30H56O4/c1-3-5-6-7-8-9-10-11-12-13-14-15-16-17-18-19-20-21-22-23-24-25-28(30(32)33)27-29(31)34-26-4-2/h11-12,28H,3-10,13-27H2,1-2H3,(H,32,33)/b12-11+. The van der Waals surface area contributed by atoms with Gasteiger partial charge < -0.3 is 9.84 Å². The Morgan fingerprint density at radius 1 is 0.647 bits per heavy atom. The summed E-state index contributed by atoms with van der Waals surface area (Å²) in [5, 5.41) is 9.30. The van der Waals surface area contributed by atoms with Crippen molar-refractivity contribution in [3.8, 4) is 0 Å². The number of aliphatic carboxylic acids is 1. The van der Waals surface area contributed by atoms with E-state index >= 15 is 0 Å². The number of carboxylic acids is 1. The third-order valence-electron chi connectivity index (χ3n) is 6.54. The molecule has 34 heavy (non-hydrogen) atoms. The molecule has 0 rings (SSSR count). The Kier molecular flexibility index (Phi) is 25.3. The molecular weight excluding hydrogens is 424 g/mol. The topological polar surface area (TPSA) is 63.6 Å². The molecule has 0 radical (unpaired) electrons. The number of carboxylic acid groups (broad SMARTS) is 1. The summed E-state index contributed by atoms with van der Waals surface area (Å²) in [7, 11) is 0. The summed E-state index contributed by atoms with van der Waals surface area (Å²) >= 11 is 0. The normalized spacial score (nSPS) is 12.3. The van der Waals surface area contributed by atoms with Crippen molar-refractivity contribution in [3.63, 3.8) is 0 Å². The lowest BCUT2D eigenvalue weighted by Crippen LogP contribution is -2.19. The SMILES string of the molecule is CCCCCCCC/C=C/CCCCCCCCCCCCCC(CC(=O)OCCC)C(=O)O. The summed E-state index contributed by atoms with van der Waals surface area (Å²) in [4.78, 5) is 23.0. The average Bonchev–Trinajstić information content (AvgIpc) is 2.82. The molecule has 200 valence electrons. The van der Waals surface area contributed by atoms with Crippen molar-refractivity contribution in [2.24, 2.45) is 5.92 Å². The maximum absolute atomic E-state index is 11.6. The first-order chi connectivity index (χ1) is 16.6. The van der Waals surface area contributed by atoms with Gasteiger partial charge in [-0.25, -0.2) is 0 Å². The van der Waals surface area contributed by atoms with Gasteiger partial charge in [-0.05, 0) is 38.5 Å². The van der Waals surface area contributed by atoms with E-state index in [4.69, 9.17) is 4.74 Å². The zero-order valence-corrected chi connectivity index (χ0v) is 22.7. The van der Waals surface area contributed by atoms with Crippen LogP contribution < -0.4 is 0 Å². The van der Waals surface area contributed by atoms with E-state index in [1.165, 1.54) is 103 Å². The van der Waals surface area contributed by atoms with Crippen LogP contribution >= 0.6 is 0 Å². The number of hydrogen-bond acceptors (Lipinski definition) is 3. The van der Waals surface area contributed by atoms with E-state index in [0.29, 0.717) is 13.0 Å². The summed E-state index contributed by atoms with van der Waals surface area (Å²) < 4.78 is 5.02. The minimum Gasteiger partial charge on any atom is -0.481 e. The number of ether oxygens (including phenoxy) is 1. The molecule has 0 aromatic carbocycles. The van der Waals surface area contributed by atoms with Gasteiger partial charge in [0.2, 0.25) is 0 Å². The van der Waals surface area contributed by atoms with Gasteiger partial charge >= 0.3 is 11.9 Å². The fourth-order valence-electron chi connectivity index (χ4n) is 4.31. The number of carbonyl (C=O) groups excluding carboxylic acids is 1. The molecule has 0 aliphatic carbocycles. The highest BCUT2D eigenvalue weighted by Crippen LogP contribution is 2.17. The average molecular weight is 481 g/mol. The zero-order valence-electron chi connectivity index (χ0n) is 22.7. The molecule has 1 unspecified atom stereocenters. The number of carbonyl (C=O) groups is 2. The van der Waals surface area contributed by atoms with Crippen LogP contribution in [-0.2, 0) is 14.3 Å². The molecule has 0 saturated carbocycles. The van der Waals surface area contributed by atoms with Crippen molar-refractivity contribution >= 4 is 11.9 Å². The van der Waals surface area contributed by atoms with Crippen LogP contribution in [0.3, 0.4) is 0 Å². The van der Waals surface area contributed by atoms with Crippen LogP contribution in [0.2, 0.25) is 0 Å². The third-order valence-corrected chi connectivity index (χ3v) is 6.54. The molecular formula is C30H56O4. The lowest BCUT2D eigenvalue weighted by atomic mass is 9.97. The first kappa shape index (κ1) is 32.7. The van der Waals surface area contributed by atoms with Crippen LogP contribution in [0.1, 0.15) is 155 Å². The Labute approximate surface area is 211 Å². The van der Waals surface area contributed by atoms with Crippen LogP contribution in [0.25, 0.3) is 0 Å². The summed E-state index contributed by atoms with van der Waals surface area (Å²) in [6.07, 6.45) is 30.6. The van der Waals surface area contributed by atoms with E-state index in [1.807, 2.05) is 6.92 Å². The van der Waals surface area contributed by atoms with Gasteiger partial charge in [0, 0.05) is 0 Å². The molecule has 0 spiro atoms. The Hall–Kier alpha value is -1.32. The highest BCUT2D eigenvalue weighted by molar-refractivity contribution is 5.78. The van der Waals surface area contributed by atoms with Crippen molar-refractivity contribution < 1.29 is 19.4 Å². The van der Waals surface area contributed by atoms with Gasteiger partial charge in [-0.1, -0.05) is 122 Å².